The predicted molar refractivity (Wildman–Crippen MR) is 175 cm³/mol. The first kappa shape index (κ1) is 31.0. The Labute approximate surface area is 261 Å². The maximum absolute atomic E-state index is 13.9. The molecular formula is C36H35N3O6. The van der Waals surface area contributed by atoms with Gasteiger partial charge in [0, 0.05) is 11.1 Å². The van der Waals surface area contributed by atoms with Gasteiger partial charge in [0.2, 0.25) is 0 Å². The lowest BCUT2D eigenvalue weighted by atomic mass is 9.96. The van der Waals surface area contributed by atoms with Gasteiger partial charge in [-0.25, -0.2) is 9.78 Å². The summed E-state index contributed by atoms with van der Waals surface area (Å²) in [6.45, 7) is 8.82. The molecule has 5 aromatic rings. The van der Waals surface area contributed by atoms with Gasteiger partial charge in [0.05, 0.1) is 36.4 Å². The molecule has 230 valence electrons. The van der Waals surface area contributed by atoms with Crippen LogP contribution in [0.2, 0.25) is 0 Å². The van der Waals surface area contributed by atoms with Gasteiger partial charge in [0.15, 0.2) is 17.3 Å². The molecule has 5 rings (SSSR count). The van der Waals surface area contributed by atoms with Crippen molar-refractivity contribution in [2.45, 2.75) is 40.2 Å². The van der Waals surface area contributed by atoms with Gasteiger partial charge in [0.25, 0.3) is 5.56 Å². The topological polar surface area (TPSA) is 112 Å². The van der Waals surface area contributed by atoms with Crippen LogP contribution in [0.5, 0.6) is 17.2 Å². The molecule has 0 saturated heterocycles. The van der Waals surface area contributed by atoms with E-state index in [4.69, 9.17) is 19.2 Å². The van der Waals surface area contributed by atoms with Crippen molar-refractivity contribution in [2.75, 3.05) is 13.7 Å². The lowest BCUT2D eigenvalue weighted by Crippen LogP contribution is -2.21. The summed E-state index contributed by atoms with van der Waals surface area (Å²) in [6, 6.07) is 23.1. The zero-order valence-corrected chi connectivity index (χ0v) is 25.9. The van der Waals surface area contributed by atoms with Gasteiger partial charge in [-0.15, -0.1) is 0 Å². The number of hydrogen-bond donors (Lipinski definition) is 1. The smallest absolute Gasteiger partial charge is 0.335 e. The number of benzene rings is 4. The van der Waals surface area contributed by atoms with Crippen LogP contribution >= 0.6 is 0 Å². The summed E-state index contributed by atoms with van der Waals surface area (Å²) in [5.74, 6) is 1.29. The van der Waals surface area contributed by atoms with E-state index >= 15 is 0 Å². The van der Waals surface area contributed by atoms with Crippen LogP contribution in [0.25, 0.3) is 22.3 Å². The number of methoxy groups -OCH3 is 1. The van der Waals surface area contributed by atoms with Gasteiger partial charge in [-0.1, -0.05) is 44.2 Å². The Morgan fingerprint density at radius 3 is 2.44 bits per heavy atom. The van der Waals surface area contributed by atoms with E-state index in [1.165, 1.54) is 16.8 Å². The highest BCUT2D eigenvalue weighted by atomic mass is 16.5. The van der Waals surface area contributed by atoms with Crippen LogP contribution in [0.15, 0.2) is 88.8 Å². The lowest BCUT2D eigenvalue weighted by Gasteiger charge is -2.18. The molecule has 1 N–H and O–H groups in total. The second-order valence-electron chi connectivity index (χ2n) is 10.8. The molecule has 0 atom stereocenters. The third-order valence-electron chi connectivity index (χ3n) is 7.40. The van der Waals surface area contributed by atoms with Crippen LogP contribution in [-0.4, -0.2) is 40.7 Å². The Balaban J connectivity index is 1.61. The van der Waals surface area contributed by atoms with E-state index in [0.717, 1.165) is 28.0 Å². The molecular weight excluding hydrogens is 570 g/mol. The van der Waals surface area contributed by atoms with E-state index in [1.807, 2.05) is 50.2 Å². The van der Waals surface area contributed by atoms with Crippen LogP contribution in [0.1, 0.15) is 59.3 Å². The van der Waals surface area contributed by atoms with Gasteiger partial charge in [-0.2, -0.15) is 9.78 Å². The van der Waals surface area contributed by atoms with Crippen molar-refractivity contribution < 1.29 is 24.1 Å². The third-order valence-corrected chi connectivity index (χ3v) is 7.40. The zero-order chi connectivity index (χ0) is 32.1. The largest absolute Gasteiger partial charge is 0.494 e. The number of nitrogens with zero attached hydrogens (tertiary/aromatic N) is 3. The van der Waals surface area contributed by atoms with Crippen molar-refractivity contribution in [3.63, 3.8) is 0 Å². The highest BCUT2D eigenvalue weighted by Gasteiger charge is 2.19. The fourth-order valence-electron chi connectivity index (χ4n) is 5.04. The summed E-state index contributed by atoms with van der Waals surface area (Å²) in [5, 5.41) is 14.3. The second-order valence-corrected chi connectivity index (χ2v) is 10.8. The first-order chi connectivity index (χ1) is 21.7. The summed E-state index contributed by atoms with van der Waals surface area (Å²) in [4.78, 5) is 30.1. The number of carbonyl (C=O) groups is 1. The maximum Gasteiger partial charge on any atom is 0.335 e. The first-order valence-corrected chi connectivity index (χ1v) is 14.7. The number of aromatic nitrogens is 2. The maximum atomic E-state index is 13.9. The standard InChI is InChI=1S/C36H35N3O6/c1-6-44-32-18-23(4)29(19-28(32)22(2)3)34-38-30-12-8-7-11-27(30)35(40)39(34)37-20-26-10-9-13-31(43-5)33(26)45-21-24-14-16-25(17-15-24)36(41)42/h7-20,22H,6,21H2,1-5H3,(H,41,42). The van der Waals surface area contributed by atoms with E-state index in [9.17, 15) is 14.7 Å². The fraction of sp³-hybridized carbons (Fsp3) is 0.222. The van der Waals surface area contributed by atoms with E-state index in [-0.39, 0.29) is 23.6 Å². The van der Waals surface area contributed by atoms with E-state index < -0.39 is 5.97 Å². The number of carboxylic acid groups (broad SMARTS) is 1. The summed E-state index contributed by atoms with van der Waals surface area (Å²) in [7, 11) is 1.54. The molecule has 0 bridgehead atoms. The molecule has 0 aliphatic rings. The normalized spacial score (nSPS) is 11.3. The van der Waals surface area contributed by atoms with Gasteiger partial charge >= 0.3 is 5.97 Å². The van der Waals surface area contributed by atoms with Crippen molar-refractivity contribution >= 4 is 23.1 Å². The van der Waals surface area contributed by atoms with E-state index in [0.29, 0.717) is 40.4 Å². The number of aryl methyl sites for hydroxylation is 1. The number of fused-ring (bicyclic) bond motifs is 1. The number of carboxylic acids is 1. The van der Waals surface area contributed by atoms with Crippen LogP contribution in [0.4, 0.5) is 0 Å². The molecule has 0 fully saturated rings. The number of aromatic carboxylic acids is 1. The molecule has 0 saturated carbocycles. The molecule has 0 aliphatic carbocycles. The van der Waals surface area contributed by atoms with Gasteiger partial charge in [-0.05, 0) is 85.0 Å². The number of para-hydroxylation sites is 2. The predicted octanol–water partition coefficient (Wildman–Crippen LogP) is 7.06. The minimum Gasteiger partial charge on any atom is -0.494 e. The third kappa shape index (κ3) is 6.57. The van der Waals surface area contributed by atoms with Crippen molar-refractivity contribution in [3.8, 4) is 28.6 Å². The molecule has 1 heterocycles. The van der Waals surface area contributed by atoms with Crippen molar-refractivity contribution in [1.29, 1.82) is 0 Å². The molecule has 4 aromatic carbocycles. The Morgan fingerprint density at radius 1 is 1.00 bits per heavy atom. The average Bonchev–Trinajstić information content (AvgIpc) is 3.03. The minimum atomic E-state index is -0.996. The van der Waals surface area contributed by atoms with Crippen LogP contribution < -0.4 is 19.8 Å². The highest BCUT2D eigenvalue weighted by Crippen LogP contribution is 2.35. The average molecular weight is 606 g/mol. The van der Waals surface area contributed by atoms with Crippen LogP contribution in [0, 0.1) is 6.92 Å². The number of rotatable bonds is 11. The van der Waals surface area contributed by atoms with Gasteiger partial charge in [0.1, 0.15) is 12.4 Å². The summed E-state index contributed by atoms with van der Waals surface area (Å²) in [6.07, 6.45) is 1.56. The second kappa shape index (κ2) is 13.5. The van der Waals surface area contributed by atoms with Gasteiger partial charge < -0.3 is 19.3 Å². The molecule has 45 heavy (non-hydrogen) atoms. The van der Waals surface area contributed by atoms with Crippen molar-refractivity contribution in [2.24, 2.45) is 5.10 Å². The molecule has 0 radical (unpaired) electrons. The van der Waals surface area contributed by atoms with Crippen molar-refractivity contribution in [3.05, 3.63) is 117 Å². The molecule has 1 aromatic heterocycles. The summed E-state index contributed by atoms with van der Waals surface area (Å²) in [5.41, 5.74) is 4.49. The Morgan fingerprint density at radius 2 is 1.76 bits per heavy atom. The monoisotopic (exact) mass is 605 g/mol. The Kier molecular flexibility index (Phi) is 9.28. The van der Waals surface area contributed by atoms with Gasteiger partial charge in [-0.3, -0.25) is 4.79 Å². The van der Waals surface area contributed by atoms with E-state index in [1.54, 1.807) is 43.7 Å². The fourth-order valence-corrected chi connectivity index (χ4v) is 5.04. The molecule has 0 aliphatic heterocycles. The summed E-state index contributed by atoms with van der Waals surface area (Å²) < 4.78 is 19.0. The Hall–Kier alpha value is -5.44. The highest BCUT2D eigenvalue weighted by molar-refractivity contribution is 5.88. The molecule has 9 nitrogen and oxygen atoms in total. The first-order valence-electron chi connectivity index (χ1n) is 14.7. The molecule has 0 spiro atoms. The summed E-state index contributed by atoms with van der Waals surface area (Å²) >= 11 is 0. The lowest BCUT2D eigenvalue weighted by molar-refractivity contribution is 0.0697. The van der Waals surface area contributed by atoms with E-state index in [2.05, 4.69) is 18.9 Å². The van der Waals surface area contributed by atoms with Crippen LogP contribution in [0.3, 0.4) is 0 Å². The molecule has 0 unspecified atom stereocenters. The van der Waals surface area contributed by atoms with Crippen molar-refractivity contribution in [1.82, 2.24) is 9.66 Å². The minimum absolute atomic E-state index is 0.160. The SMILES string of the molecule is CCOc1cc(C)c(-c2nc3ccccc3c(=O)n2N=Cc2cccc(OC)c2OCc2ccc(C(=O)O)cc2)cc1C(C)C. The molecule has 0 amide bonds. The quantitative estimate of drug-likeness (QED) is 0.160. The molecule has 9 heteroatoms. The number of hydrogen-bond acceptors (Lipinski definition) is 7. The zero-order valence-electron chi connectivity index (χ0n) is 25.9. The number of ether oxygens (including phenoxy) is 3. The Bertz CT molecular complexity index is 1940. The van der Waals surface area contributed by atoms with Crippen LogP contribution in [-0.2, 0) is 6.61 Å².